The highest BCUT2D eigenvalue weighted by Gasteiger charge is 2.39. The van der Waals surface area contributed by atoms with Crippen molar-refractivity contribution in [2.45, 2.75) is 25.3 Å². The van der Waals surface area contributed by atoms with Crippen LogP contribution in [0.2, 0.25) is 0 Å². The quantitative estimate of drug-likeness (QED) is 0.730. The number of anilines is 1. The molecule has 3 N–H and O–H groups in total. The molecule has 3 nitrogen and oxygen atoms in total. The number of nitrogen functional groups attached to an aromatic ring is 1. The fourth-order valence-electron chi connectivity index (χ4n) is 3.20. The highest BCUT2D eigenvalue weighted by atomic mass is 15.0. The molecule has 2 aliphatic rings. The van der Waals surface area contributed by atoms with Crippen LogP contribution in [-0.2, 0) is 0 Å². The van der Waals surface area contributed by atoms with Crippen molar-refractivity contribution in [3.63, 3.8) is 0 Å². The second-order valence-corrected chi connectivity index (χ2v) is 4.79. The van der Waals surface area contributed by atoms with Crippen LogP contribution in [-0.4, -0.2) is 11.5 Å². The van der Waals surface area contributed by atoms with Crippen LogP contribution in [0.25, 0.3) is 0 Å². The zero-order chi connectivity index (χ0) is 10.3. The lowest BCUT2D eigenvalue weighted by Gasteiger charge is -2.18. The van der Waals surface area contributed by atoms with Crippen molar-refractivity contribution in [2.24, 2.45) is 11.8 Å². The summed E-state index contributed by atoms with van der Waals surface area (Å²) in [5, 5.41) is 3.61. The molecule has 1 aliphatic heterocycles. The van der Waals surface area contributed by atoms with Crippen LogP contribution in [0.15, 0.2) is 18.5 Å². The lowest BCUT2D eigenvalue weighted by molar-refractivity contribution is 0.421. The van der Waals surface area contributed by atoms with E-state index in [9.17, 15) is 0 Å². The van der Waals surface area contributed by atoms with E-state index in [-0.39, 0.29) is 0 Å². The summed E-state index contributed by atoms with van der Waals surface area (Å²) >= 11 is 0. The average Bonchev–Trinajstić information content (AvgIpc) is 2.77. The standard InChI is InChI=1S/C12H17N3/c13-10-4-9(5-14-7-10)12-11-3-1-2-8(11)6-15-12/h4-5,7-8,11-12,15H,1-3,6,13H2/t8-,11-,12?/m1/s1. The molecule has 0 amide bonds. The van der Waals surface area contributed by atoms with Crippen LogP contribution in [0, 0.1) is 11.8 Å². The summed E-state index contributed by atoms with van der Waals surface area (Å²) in [4.78, 5) is 4.18. The van der Waals surface area contributed by atoms with Gasteiger partial charge in [0.2, 0.25) is 0 Å². The number of nitrogens with zero attached hydrogens (tertiary/aromatic N) is 1. The SMILES string of the molecule is Nc1cncc(C2NC[C@H]3CCC[C@@H]23)c1. The number of hydrogen-bond donors (Lipinski definition) is 2. The molecule has 3 rings (SSSR count). The summed E-state index contributed by atoms with van der Waals surface area (Å²) < 4.78 is 0. The van der Waals surface area contributed by atoms with E-state index in [4.69, 9.17) is 5.73 Å². The van der Waals surface area contributed by atoms with E-state index in [0.29, 0.717) is 6.04 Å². The molecule has 3 atom stereocenters. The zero-order valence-corrected chi connectivity index (χ0v) is 8.82. The van der Waals surface area contributed by atoms with Crippen LogP contribution in [0.1, 0.15) is 30.9 Å². The maximum Gasteiger partial charge on any atom is 0.0503 e. The van der Waals surface area contributed by atoms with Gasteiger partial charge in [-0.3, -0.25) is 4.98 Å². The van der Waals surface area contributed by atoms with Gasteiger partial charge in [-0.25, -0.2) is 0 Å². The van der Waals surface area contributed by atoms with Crippen LogP contribution in [0.5, 0.6) is 0 Å². The molecule has 1 saturated heterocycles. The van der Waals surface area contributed by atoms with Gasteiger partial charge < -0.3 is 11.1 Å². The first-order valence-corrected chi connectivity index (χ1v) is 5.78. The van der Waals surface area contributed by atoms with E-state index in [1.54, 1.807) is 6.20 Å². The molecule has 2 fully saturated rings. The Morgan fingerprint density at radius 3 is 3.13 bits per heavy atom. The van der Waals surface area contributed by atoms with Crippen molar-refractivity contribution in [1.29, 1.82) is 0 Å². The second-order valence-electron chi connectivity index (χ2n) is 4.79. The molecule has 2 heterocycles. The molecular weight excluding hydrogens is 186 g/mol. The zero-order valence-electron chi connectivity index (χ0n) is 8.82. The Morgan fingerprint density at radius 2 is 2.27 bits per heavy atom. The lowest BCUT2D eigenvalue weighted by atomic mass is 9.90. The van der Waals surface area contributed by atoms with Crippen LogP contribution in [0.3, 0.4) is 0 Å². The molecule has 1 aromatic rings. The van der Waals surface area contributed by atoms with E-state index in [0.717, 1.165) is 17.5 Å². The van der Waals surface area contributed by atoms with Crippen molar-refractivity contribution in [2.75, 3.05) is 12.3 Å². The summed E-state index contributed by atoms with van der Waals surface area (Å²) in [7, 11) is 0. The first-order chi connectivity index (χ1) is 7.34. The van der Waals surface area contributed by atoms with E-state index >= 15 is 0 Å². The van der Waals surface area contributed by atoms with Crippen LogP contribution < -0.4 is 11.1 Å². The van der Waals surface area contributed by atoms with E-state index < -0.39 is 0 Å². The van der Waals surface area contributed by atoms with Crippen molar-refractivity contribution in [3.8, 4) is 0 Å². The molecule has 80 valence electrons. The summed E-state index contributed by atoms with van der Waals surface area (Å²) in [5.41, 5.74) is 7.81. The van der Waals surface area contributed by atoms with Gasteiger partial charge in [-0.05, 0) is 42.9 Å². The Morgan fingerprint density at radius 1 is 1.33 bits per heavy atom. The highest BCUT2D eigenvalue weighted by molar-refractivity contribution is 5.38. The molecule has 1 saturated carbocycles. The smallest absolute Gasteiger partial charge is 0.0503 e. The number of aromatic nitrogens is 1. The molecule has 15 heavy (non-hydrogen) atoms. The number of fused-ring (bicyclic) bond motifs is 1. The largest absolute Gasteiger partial charge is 0.397 e. The van der Waals surface area contributed by atoms with Gasteiger partial charge in [0, 0.05) is 18.4 Å². The topological polar surface area (TPSA) is 50.9 Å². The number of nitrogens with two attached hydrogens (primary N) is 1. The van der Waals surface area contributed by atoms with Crippen molar-refractivity contribution < 1.29 is 0 Å². The van der Waals surface area contributed by atoms with Gasteiger partial charge in [0.1, 0.15) is 0 Å². The van der Waals surface area contributed by atoms with Gasteiger partial charge in [0.15, 0.2) is 0 Å². The highest BCUT2D eigenvalue weighted by Crippen LogP contribution is 2.44. The molecule has 0 radical (unpaired) electrons. The predicted octanol–water partition coefficient (Wildman–Crippen LogP) is 1.72. The summed E-state index contributed by atoms with van der Waals surface area (Å²) in [6.07, 6.45) is 7.81. The van der Waals surface area contributed by atoms with Crippen LogP contribution >= 0.6 is 0 Å². The maximum absolute atomic E-state index is 5.77. The Bertz CT molecular complexity index is 364. The van der Waals surface area contributed by atoms with Crippen molar-refractivity contribution >= 4 is 5.69 Å². The van der Waals surface area contributed by atoms with E-state index in [1.807, 2.05) is 6.20 Å². The number of hydrogen-bond acceptors (Lipinski definition) is 3. The molecule has 3 heteroatoms. The van der Waals surface area contributed by atoms with Gasteiger partial charge in [0.25, 0.3) is 0 Å². The summed E-state index contributed by atoms with van der Waals surface area (Å²) in [5.74, 6) is 1.70. The molecule has 0 bridgehead atoms. The molecule has 0 spiro atoms. The number of pyridine rings is 1. The molecule has 1 aliphatic carbocycles. The first kappa shape index (κ1) is 9.16. The van der Waals surface area contributed by atoms with Crippen molar-refractivity contribution in [1.82, 2.24) is 10.3 Å². The second kappa shape index (κ2) is 3.49. The minimum Gasteiger partial charge on any atom is -0.397 e. The Kier molecular flexibility index (Phi) is 2.13. The number of rotatable bonds is 1. The summed E-state index contributed by atoms with van der Waals surface area (Å²) in [6, 6.07) is 2.55. The Hall–Kier alpha value is -1.09. The molecule has 0 aromatic carbocycles. The van der Waals surface area contributed by atoms with Gasteiger partial charge in [-0.15, -0.1) is 0 Å². The molecule has 1 unspecified atom stereocenters. The predicted molar refractivity (Wildman–Crippen MR) is 60.2 cm³/mol. The van der Waals surface area contributed by atoms with Crippen molar-refractivity contribution in [3.05, 3.63) is 24.0 Å². The fraction of sp³-hybridized carbons (Fsp3) is 0.583. The van der Waals surface area contributed by atoms with E-state index in [1.165, 1.54) is 31.4 Å². The van der Waals surface area contributed by atoms with Crippen LogP contribution in [0.4, 0.5) is 5.69 Å². The average molecular weight is 203 g/mol. The van der Waals surface area contributed by atoms with Gasteiger partial charge in [-0.1, -0.05) is 6.42 Å². The maximum atomic E-state index is 5.77. The molecule has 1 aromatic heterocycles. The monoisotopic (exact) mass is 203 g/mol. The first-order valence-electron chi connectivity index (χ1n) is 5.78. The van der Waals surface area contributed by atoms with E-state index in [2.05, 4.69) is 16.4 Å². The third-order valence-electron chi connectivity index (χ3n) is 3.89. The van der Waals surface area contributed by atoms with Gasteiger partial charge in [-0.2, -0.15) is 0 Å². The lowest BCUT2D eigenvalue weighted by Crippen LogP contribution is -2.18. The molecular formula is C12H17N3. The minimum atomic E-state index is 0.494. The van der Waals surface area contributed by atoms with Gasteiger partial charge >= 0.3 is 0 Å². The third kappa shape index (κ3) is 1.51. The fourth-order valence-corrected chi connectivity index (χ4v) is 3.20. The minimum absolute atomic E-state index is 0.494. The van der Waals surface area contributed by atoms with Gasteiger partial charge in [0.05, 0.1) is 5.69 Å². The normalized spacial score (nSPS) is 34.3. The number of nitrogens with one attached hydrogen (secondary N) is 1. The Labute approximate surface area is 90.1 Å². The summed E-state index contributed by atoms with van der Waals surface area (Å²) in [6.45, 7) is 1.17. The third-order valence-corrected chi connectivity index (χ3v) is 3.89. The Balaban J connectivity index is 1.88.